The van der Waals surface area contributed by atoms with Crippen molar-refractivity contribution in [1.82, 2.24) is 9.78 Å². The Kier molecular flexibility index (Phi) is 4.32. The number of nitriles is 1. The summed E-state index contributed by atoms with van der Waals surface area (Å²) in [5.74, 6) is -3.99. The molecule has 0 aliphatic heterocycles. The number of anilines is 1. The number of nitrogens with zero attached hydrogens (tertiary/aromatic N) is 3. The molecule has 144 valence electrons. The SMILES string of the molecule is N#Cc1nn(-c2c(Cl)cc(C(F)(F)F)cc2Cl)c(N)c1C1(CF)CC1(F)F. The summed E-state index contributed by atoms with van der Waals surface area (Å²) in [6.45, 7) is -1.50. The highest BCUT2D eigenvalue weighted by atomic mass is 35.5. The fraction of sp³-hybridized carbons (Fsp3) is 0.333. The van der Waals surface area contributed by atoms with E-state index in [1.165, 1.54) is 0 Å². The molecule has 0 bridgehead atoms. The standard InChI is InChI=1S/C15H8Cl2F6N4/c16-7-1-6(15(21,22)23)2-8(17)11(7)27-12(25)10(9(3-24)26-27)13(5-18)4-14(13,19)20/h1-2H,4-5,25H2. The molecule has 2 N–H and O–H groups in total. The largest absolute Gasteiger partial charge is 0.416 e. The van der Waals surface area contributed by atoms with E-state index < -0.39 is 63.3 Å². The van der Waals surface area contributed by atoms with E-state index in [0.717, 1.165) is 0 Å². The predicted molar refractivity (Wildman–Crippen MR) is 84.9 cm³/mol. The molecule has 4 nitrogen and oxygen atoms in total. The number of nitrogen functional groups attached to an aromatic ring is 1. The molecule has 1 aromatic heterocycles. The smallest absolute Gasteiger partial charge is 0.383 e. The van der Waals surface area contributed by atoms with Crippen LogP contribution in [0.5, 0.6) is 0 Å². The van der Waals surface area contributed by atoms with Crippen molar-refractivity contribution in [3.05, 3.63) is 39.0 Å². The van der Waals surface area contributed by atoms with Gasteiger partial charge in [0.25, 0.3) is 5.92 Å². The highest BCUT2D eigenvalue weighted by molar-refractivity contribution is 6.38. The van der Waals surface area contributed by atoms with E-state index in [1.54, 1.807) is 6.07 Å². The second kappa shape index (κ2) is 5.94. The summed E-state index contributed by atoms with van der Waals surface area (Å²) in [5, 5.41) is 11.8. The van der Waals surface area contributed by atoms with Crippen molar-refractivity contribution in [1.29, 1.82) is 5.26 Å². The van der Waals surface area contributed by atoms with Crippen LogP contribution >= 0.6 is 23.2 Å². The van der Waals surface area contributed by atoms with Gasteiger partial charge in [-0.1, -0.05) is 23.2 Å². The Morgan fingerprint density at radius 2 is 1.78 bits per heavy atom. The van der Waals surface area contributed by atoms with Crippen LogP contribution in [0.25, 0.3) is 5.69 Å². The van der Waals surface area contributed by atoms with Crippen molar-refractivity contribution in [3.8, 4) is 11.8 Å². The van der Waals surface area contributed by atoms with Crippen LogP contribution in [0, 0.1) is 11.3 Å². The Morgan fingerprint density at radius 1 is 1.26 bits per heavy atom. The molecule has 1 saturated carbocycles. The molecule has 1 aliphatic carbocycles. The summed E-state index contributed by atoms with van der Waals surface area (Å²) >= 11 is 11.7. The first kappa shape index (κ1) is 19.6. The van der Waals surface area contributed by atoms with Crippen LogP contribution in [0.1, 0.15) is 23.2 Å². The van der Waals surface area contributed by atoms with Crippen molar-refractivity contribution < 1.29 is 26.3 Å². The molecule has 0 saturated heterocycles. The van der Waals surface area contributed by atoms with Gasteiger partial charge < -0.3 is 5.73 Å². The molecule has 27 heavy (non-hydrogen) atoms. The summed E-state index contributed by atoms with van der Waals surface area (Å²) in [4.78, 5) is 0. The first-order valence-electron chi connectivity index (χ1n) is 7.19. The predicted octanol–water partition coefficient (Wildman–Crippen LogP) is 4.90. The van der Waals surface area contributed by atoms with E-state index in [9.17, 15) is 31.6 Å². The lowest BCUT2D eigenvalue weighted by molar-refractivity contribution is -0.137. The Labute approximate surface area is 158 Å². The Balaban J connectivity index is 2.23. The highest BCUT2D eigenvalue weighted by Crippen LogP contribution is 2.63. The summed E-state index contributed by atoms with van der Waals surface area (Å²) in [6, 6.07) is 2.64. The van der Waals surface area contributed by atoms with E-state index in [2.05, 4.69) is 5.10 Å². The molecular formula is C15H8Cl2F6N4. The van der Waals surface area contributed by atoms with Gasteiger partial charge >= 0.3 is 6.18 Å². The Morgan fingerprint density at radius 3 is 2.15 bits per heavy atom. The number of hydrogen-bond acceptors (Lipinski definition) is 3. The van der Waals surface area contributed by atoms with Gasteiger partial charge in [0.2, 0.25) is 0 Å². The number of alkyl halides is 6. The van der Waals surface area contributed by atoms with Gasteiger partial charge in [0.15, 0.2) is 5.69 Å². The molecule has 1 fully saturated rings. The number of halogens is 8. The average molecular weight is 429 g/mol. The molecule has 1 aromatic carbocycles. The lowest BCUT2D eigenvalue weighted by Gasteiger charge is -2.15. The lowest BCUT2D eigenvalue weighted by atomic mass is 9.96. The summed E-state index contributed by atoms with van der Waals surface area (Å²) in [6.07, 6.45) is -5.62. The molecule has 0 amide bonds. The molecule has 1 atom stereocenters. The van der Waals surface area contributed by atoms with Crippen LogP contribution in [0.4, 0.5) is 32.2 Å². The van der Waals surface area contributed by atoms with Crippen molar-refractivity contribution in [2.45, 2.75) is 23.9 Å². The molecule has 0 radical (unpaired) electrons. The quantitative estimate of drug-likeness (QED) is 0.707. The second-order valence-corrected chi connectivity index (χ2v) is 6.83. The normalized spacial score (nSPS) is 21.1. The average Bonchev–Trinajstić information content (AvgIpc) is 2.96. The fourth-order valence-corrected chi connectivity index (χ4v) is 3.55. The molecule has 0 spiro atoms. The third-order valence-electron chi connectivity index (χ3n) is 4.39. The maximum Gasteiger partial charge on any atom is 0.416 e. The number of nitrogens with two attached hydrogens (primary N) is 1. The van der Waals surface area contributed by atoms with Crippen LogP contribution in [-0.4, -0.2) is 22.4 Å². The minimum absolute atomic E-state index is 0.343. The van der Waals surface area contributed by atoms with Crippen molar-refractivity contribution >= 4 is 29.0 Å². The van der Waals surface area contributed by atoms with Crippen molar-refractivity contribution in [2.75, 3.05) is 12.4 Å². The minimum Gasteiger partial charge on any atom is -0.383 e. The number of hydrogen-bond donors (Lipinski definition) is 1. The zero-order valence-corrected chi connectivity index (χ0v) is 14.5. The van der Waals surface area contributed by atoms with Crippen molar-refractivity contribution in [2.24, 2.45) is 0 Å². The van der Waals surface area contributed by atoms with Crippen LogP contribution in [0.15, 0.2) is 12.1 Å². The third-order valence-corrected chi connectivity index (χ3v) is 4.96. The van der Waals surface area contributed by atoms with Gasteiger partial charge in [-0.15, -0.1) is 0 Å². The Hall–Kier alpha value is -2.12. The highest BCUT2D eigenvalue weighted by Gasteiger charge is 2.74. The minimum atomic E-state index is -4.74. The maximum absolute atomic E-state index is 13.8. The molecule has 1 heterocycles. The van der Waals surface area contributed by atoms with Gasteiger partial charge in [-0.2, -0.15) is 23.5 Å². The zero-order chi connectivity index (χ0) is 20.4. The summed E-state index contributed by atoms with van der Waals surface area (Å²) in [5.41, 5.74) is 0.885. The van der Waals surface area contributed by atoms with Crippen molar-refractivity contribution in [3.63, 3.8) is 0 Å². The molecular weight excluding hydrogens is 421 g/mol. The van der Waals surface area contributed by atoms with E-state index in [-0.39, 0.29) is 5.69 Å². The molecule has 2 aromatic rings. The van der Waals surface area contributed by atoms with Gasteiger partial charge in [-0.05, 0) is 12.1 Å². The van der Waals surface area contributed by atoms with Gasteiger partial charge in [-0.25, -0.2) is 17.9 Å². The summed E-state index contributed by atoms with van der Waals surface area (Å²) in [7, 11) is 0. The zero-order valence-electron chi connectivity index (χ0n) is 13.0. The fourth-order valence-electron chi connectivity index (χ4n) is 2.90. The van der Waals surface area contributed by atoms with Crippen LogP contribution < -0.4 is 5.73 Å². The molecule has 1 unspecified atom stereocenters. The number of aromatic nitrogens is 2. The van der Waals surface area contributed by atoms with Gasteiger partial charge in [0, 0.05) is 12.0 Å². The first-order valence-corrected chi connectivity index (χ1v) is 7.94. The topological polar surface area (TPSA) is 67.6 Å². The number of rotatable bonds is 3. The Bertz CT molecular complexity index is 955. The van der Waals surface area contributed by atoms with E-state index in [0.29, 0.717) is 16.8 Å². The third kappa shape index (κ3) is 2.80. The lowest BCUT2D eigenvalue weighted by Crippen LogP contribution is -2.21. The van der Waals surface area contributed by atoms with Gasteiger partial charge in [0.05, 0.1) is 21.0 Å². The van der Waals surface area contributed by atoms with Crippen LogP contribution in [0.3, 0.4) is 0 Å². The van der Waals surface area contributed by atoms with Gasteiger partial charge in [0.1, 0.15) is 24.2 Å². The summed E-state index contributed by atoms with van der Waals surface area (Å²) < 4.78 is 80.2. The van der Waals surface area contributed by atoms with E-state index >= 15 is 0 Å². The molecule has 12 heteroatoms. The van der Waals surface area contributed by atoms with Crippen LogP contribution in [0.2, 0.25) is 10.0 Å². The first-order chi connectivity index (χ1) is 12.4. The van der Waals surface area contributed by atoms with Gasteiger partial charge in [-0.3, -0.25) is 0 Å². The monoisotopic (exact) mass is 428 g/mol. The van der Waals surface area contributed by atoms with E-state index in [1.807, 2.05) is 0 Å². The van der Waals surface area contributed by atoms with E-state index in [4.69, 9.17) is 28.9 Å². The second-order valence-electron chi connectivity index (χ2n) is 6.02. The molecule has 1 aliphatic rings. The number of benzene rings is 1. The molecule has 3 rings (SSSR count). The maximum atomic E-state index is 13.8. The van der Waals surface area contributed by atoms with Crippen LogP contribution in [-0.2, 0) is 11.6 Å².